The molecule has 0 saturated carbocycles. The van der Waals surface area contributed by atoms with Gasteiger partial charge in [-0.25, -0.2) is 9.78 Å². The van der Waals surface area contributed by atoms with Gasteiger partial charge in [0.1, 0.15) is 23.6 Å². The number of nitrogens with one attached hydrogen (secondary N) is 3. The molecule has 0 aliphatic carbocycles. The summed E-state index contributed by atoms with van der Waals surface area (Å²) in [5.74, 6) is -2.74. The number of hydrogen-bond donors (Lipinski definition) is 3. The average Bonchev–Trinajstić information content (AvgIpc) is 3.54. The number of aromatic nitrogens is 1. The summed E-state index contributed by atoms with van der Waals surface area (Å²) in [7, 11) is 1.21. The summed E-state index contributed by atoms with van der Waals surface area (Å²) in [6.07, 6.45) is 1.31. The van der Waals surface area contributed by atoms with Crippen LogP contribution in [0.15, 0.2) is 46.9 Å². The van der Waals surface area contributed by atoms with Gasteiger partial charge in [-0.2, -0.15) is 0 Å². The third-order valence-electron chi connectivity index (χ3n) is 7.75. The van der Waals surface area contributed by atoms with Crippen molar-refractivity contribution in [3.63, 3.8) is 0 Å². The first-order valence-corrected chi connectivity index (χ1v) is 14.4. The van der Waals surface area contributed by atoms with E-state index in [9.17, 15) is 28.8 Å². The highest BCUT2D eigenvalue weighted by atomic mass is 16.5. The molecular formula is C31H33N5O8. The number of amides is 5. The summed E-state index contributed by atoms with van der Waals surface area (Å²) < 4.78 is 10.8. The fourth-order valence-corrected chi connectivity index (χ4v) is 5.53. The van der Waals surface area contributed by atoms with E-state index in [1.807, 2.05) is 0 Å². The van der Waals surface area contributed by atoms with Gasteiger partial charge in [0, 0.05) is 26.3 Å². The highest BCUT2D eigenvalue weighted by molar-refractivity contribution is 6.21. The highest BCUT2D eigenvalue weighted by Gasteiger charge is 2.35. The van der Waals surface area contributed by atoms with Crippen LogP contribution in [-0.4, -0.2) is 77.2 Å². The van der Waals surface area contributed by atoms with Gasteiger partial charge >= 0.3 is 5.97 Å². The van der Waals surface area contributed by atoms with Crippen molar-refractivity contribution in [3.05, 3.63) is 65.0 Å². The van der Waals surface area contributed by atoms with Crippen LogP contribution in [0.2, 0.25) is 0 Å². The lowest BCUT2D eigenvalue weighted by molar-refractivity contribution is -0.145. The number of unbranched alkanes of at least 4 members (excludes halogenated alkanes) is 1. The second-order valence-electron chi connectivity index (χ2n) is 10.8. The van der Waals surface area contributed by atoms with Crippen LogP contribution in [0.4, 0.5) is 0 Å². The number of hydrogen-bond acceptors (Lipinski definition) is 9. The molecule has 3 heterocycles. The highest BCUT2D eigenvalue weighted by Crippen LogP contribution is 2.24. The van der Waals surface area contributed by atoms with E-state index < -0.39 is 41.8 Å². The minimum Gasteiger partial charge on any atom is -0.467 e. The topological polar surface area (TPSA) is 177 Å². The Bertz CT molecular complexity index is 1600. The molecule has 2 aromatic carbocycles. The summed E-state index contributed by atoms with van der Waals surface area (Å²) in [4.78, 5) is 82.9. The monoisotopic (exact) mass is 603 g/mol. The molecule has 1 aromatic heterocycles. The molecule has 5 amide bonds. The average molecular weight is 604 g/mol. The molecule has 2 bridgehead atoms. The fourth-order valence-electron chi connectivity index (χ4n) is 5.53. The van der Waals surface area contributed by atoms with Gasteiger partial charge in [-0.3, -0.25) is 28.9 Å². The number of imide groups is 1. The third-order valence-corrected chi connectivity index (χ3v) is 7.75. The van der Waals surface area contributed by atoms with Gasteiger partial charge in [0.25, 0.3) is 11.8 Å². The van der Waals surface area contributed by atoms with Gasteiger partial charge in [-0.1, -0.05) is 24.3 Å². The Labute approximate surface area is 252 Å². The number of carbonyl (C=O) groups excluding carboxylic acids is 6. The lowest BCUT2D eigenvalue weighted by Crippen LogP contribution is -2.56. The third kappa shape index (κ3) is 6.46. The maximum Gasteiger partial charge on any atom is 0.328 e. The SMILES string of the molecule is COC(=O)C1CCc2nc3c(cccc3o2)C[C@H](NC(C)=O)C(=O)NC(CCCCN2C(=O)c3ccccc3C2=O)C(=O)N1. The van der Waals surface area contributed by atoms with Crippen LogP contribution in [0, 0.1) is 0 Å². The standard InChI is InChI=1S/C31H33N5O8/c1-17(37)32-23-16-18-8-7-12-24-26(18)35-25(44-24)14-13-22(31(42)43-2)34-27(38)21(33-28(23)39)11-5-6-15-36-29(40)19-9-3-4-10-20(19)30(36)41/h3-4,7-10,12,21-23H,5-6,11,13-16H2,1-2H3,(H,32,37)(H,33,39)(H,34,38)/t21?,22?,23-/m0/s1. The van der Waals surface area contributed by atoms with Gasteiger partial charge in [0.15, 0.2) is 11.5 Å². The molecule has 2 aliphatic heterocycles. The summed E-state index contributed by atoms with van der Waals surface area (Å²) in [6.45, 7) is 1.42. The van der Waals surface area contributed by atoms with Crippen LogP contribution in [0.5, 0.6) is 0 Å². The number of carbonyl (C=O) groups is 6. The van der Waals surface area contributed by atoms with Gasteiger partial charge in [0.2, 0.25) is 17.7 Å². The summed E-state index contributed by atoms with van der Waals surface area (Å²) in [5.41, 5.74) is 2.39. The Hall–Kier alpha value is -5.07. The summed E-state index contributed by atoms with van der Waals surface area (Å²) in [5, 5.41) is 8.07. The van der Waals surface area contributed by atoms with Crippen LogP contribution in [0.3, 0.4) is 0 Å². The zero-order chi connectivity index (χ0) is 31.4. The van der Waals surface area contributed by atoms with Gasteiger partial charge < -0.3 is 25.1 Å². The first-order chi connectivity index (χ1) is 21.2. The molecule has 44 heavy (non-hydrogen) atoms. The normalized spacial score (nSPS) is 20.6. The number of aryl methyl sites for hydroxylation is 1. The maximum absolute atomic E-state index is 13.5. The van der Waals surface area contributed by atoms with E-state index in [2.05, 4.69) is 20.9 Å². The van der Waals surface area contributed by atoms with Crippen molar-refractivity contribution in [2.75, 3.05) is 13.7 Å². The number of methoxy groups -OCH3 is 1. The van der Waals surface area contributed by atoms with E-state index in [0.29, 0.717) is 46.5 Å². The van der Waals surface area contributed by atoms with Crippen LogP contribution in [-0.2, 0) is 36.8 Å². The van der Waals surface area contributed by atoms with Gasteiger partial charge in [-0.15, -0.1) is 0 Å². The van der Waals surface area contributed by atoms with Crippen LogP contribution < -0.4 is 16.0 Å². The maximum atomic E-state index is 13.5. The van der Waals surface area contributed by atoms with E-state index in [1.165, 1.54) is 18.9 Å². The molecule has 0 fully saturated rings. The Morgan fingerprint density at radius 3 is 2.41 bits per heavy atom. The van der Waals surface area contributed by atoms with E-state index in [4.69, 9.17) is 9.15 Å². The number of fused-ring (bicyclic) bond motifs is 2. The second-order valence-corrected chi connectivity index (χ2v) is 10.8. The van der Waals surface area contributed by atoms with Crippen LogP contribution in [0.25, 0.3) is 11.1 Å². The van der Waals surface area contributed by atoms with Gasteiger partial charge in [-0.05, 0) is 49.4 Å². The quantitative estimate of drug-likeness (QED) is 0.205. The molecule has 2 aliphatic rings. The van der Waals surface area contributed by atoms with E-state index in [0.717, 1.165) is 0 Å². The largest absolute Gasteiger partial charge is 0.467 e. The molecule has 13 nitrogen and oxygen atoms in total. The van der Waals surface area contributed by atoms with E-state index in [1.54, 1.807) is 42.5 Å². The van der Waals surface area contributed by atoms with Crippen molar-refractivity contribution in [1.82, 2.24) is 25.8 Å². The number of nitrogens with zero attached hydrogens (tertiary/aromatic N) is 2. The molecule has 5 rings (SSSR count). The number of oxazole rings is 1. The smallest absolute Gasteiger partial charge is 0.328 e. The molecular weight excluding hydrogens is 570 g/mol. The Morgan fingerprint density at radius 2 is 1.73 bits per heavy atom. The first-order valence-electron chi connectivity index (χ1n) is 14.4. The van der Waals surface area contributed by atoms with Crippen molar-refractivity contribution < 1.29 is 37.9 Å². The van der Waals surface area contributed by atoms with Crippen molar-refractivity contribution >= 4 is 46.6 Å². The molecule has 2 unspecified atom stereocenters. The van der Waals surface area contributed by atoms with Gasteiger partial charge in [0.05, 0.1) is 18.2 Å². The Kier molecular flexibility index (Phi) is 9.02. The number of para-hydroxylation sites is 1. The predicted octanol–water partition coefficient (Wildman–Crippen LogP) is 1.43. The number of rotatable bonds is 7. The van der Waals surface area contributed by atoms with Crippen molar-refractivity contribution in [3.8, 4) is 0 Å². The minimum absolute atomic E-state index is 0.0909. The minimum atomic E-state index is -1.09. The lowest BCUT2D eigenvalue weighted by Gasteiger charge is -2.25. The van der Waals surface area contributed by atoms with Crippen molar-refractivity contribution in [1.29, 1.82) is 0 Å². The molecule has 230 valence electrons. The molecule has 13 heteroatoms. The van der Waals surface area contributed by atoms with Crippen molar-refractivity contribution in [2.24, 2.45) is 0 Å². The summed E-state index contributed by atoms with van der Waals surface area (Å²) >= 11 is 0. The Morgan fingerprint density at radius 1 is 1.00 bits per heavy atom. The summed E-state index contributed by atoms with van der Waals surface area (Å²) in [6, 6.07) is 8.70. The molecule has 0 spiro atoms. The molecule has 0 radical (unpaired) electrons. The second kappa shape index (κ2) is 13.1. The first kappa shape index (κ1) is 30.4. The Balaban J connectivity index is 1.35. The molecule has 3 N–H and O–H groups in total. The lowest BCUT2D eigenvalue weighted by atomic mass is 10.0. The van der Waals surface area contributed by atoms with Crippen LogP contribution >= 0.6 is 0 Å². The van der Waals surface area contributed by atoms with E-state index >= 15 is 0 Å². The number of esters is 1. The predicted molar refractivity (Wildman–Crippen MR) is 155 cm³/mol. The number of benzene rings is 2. The number of ether oxygens (including phenoxy) is 1. The van der Waals surface area contributed by atoms with E-state index in [-0.39, 0.29) is 44.0 Å². The molecule has 3 aromatic rings. The molecule has 0 saturated heterocycles. The zero-order valence-corrected chi connectivity index (χ0v) is 24.4. The van der Waals surface area contributed by atoms with Crippen LogP contribution in [0.1, 0.15) is 64.8 Å². The fraction of sp³-hybridized carbons (Fsp3) is 0.387. The molecule has 3 atom stereocenters. The van der Waals surface area contributed by atoms with Crippen molar-refractivity contribution in [2.45, 2.75) is 63.6 Å². The zero-order valence-electron chi connectivity index (χ0n) is 24.4.